The first-order chi connectivity index (χ1) is 16.6. The Morgan fingerprint density at radius 1 is 1.15 bits per heavy atom. The summed E-state index contributed by atoms with van der Waals surface area (Å²) in [6, 6.07) is 22.2. The smallest absolute Gasteiger partial charge is 0.225 e. The molecule has 2 aromatic carbocycles. The molecule has 34 heavy (non-hydrogen) atoms. The van der Waals surface area contributed by atoms with Crippen molar-refractivity contribution in [3.63, 3.8) is 0 Å². The first-order valence-corrected chi connectivity index (χ1v) is 11.8. The maximum absolute atomic E-state index is 4.76. The zero-order valence-electron chi connectivity index (χ0n) is 20.1. The summed E-state index contributed by atoms with van der Waals surface area (Å²) in [7, 11) is 0. The number of nitrogens with one attached hydrogen (secondary N) is 4. The van der Waals surface area contributed by atoms with Crippen molar-refractivity contribution in [3.8, 4) is 12.0 Å². The standard InChI is InChI=1S/C27H33N7/c1-4-16-34(25-11-10-23(17-20(25)2)31-19-24-18-28-14-15-29-24)26-12-13-30-27(33-26)32-21(3)22-8-6-5-7-9-22/h5-13,17,21,24,28-29,31H,14-15,18-19H2,1-3H3,(H,30,32,33)/t21-,24?/m0/s1. The number of rotatable bonds is 8. The minimum Gasteiger partial charge on any atom is -0.383 e. The third kappa shape index (κ3) is 6.04. The van der Waals surface area contributed by atoms with Gasteiger partial charge in [-0.2, -0.15) is 4.98 Å². The lowest BCUT2D eigenvalue weighted by molar-refractivity contribution is 0.431. The topological polar surface area (TPSA) is 77.1 Å². The molecule has 0 bridgehead atoms. The molecule has 1 aromatic heterocycles. The second-order valence-electron chi connectivity index (χ2n) is 8.45. The van der Waals surface area contributed by atoms with E-state index in [9.17, 15) is 0 Å². The molecule has 2 atom stereocenters. The number of aryl methyl sites for hydroxylation is 1. The van der Waals surface area contributed by atoms with Crippen LogP contribution in [0.1, 0.15) is 31.0 Å². The lowest BCUT2D eigenvalue weighted by Crippen LogP contribution is -2.51. The zero-order chi connectivity index (χ0) is 23.8. The van der Waals surface area contributed by atoms with E-state index in [1.54, 1.807) is 6.20 Å². The molecular weight excluding hydrogens is 422 g/mol. The molecule has 1 fully saturated rings. The van der Waals surface area contributed by atoms with E-state index in [2.05, 4.69) is 82.4 Å². The summed E-state index contributed by atoms with van der Waals surface area (Å²) in [5, 5.41) is 13.9. The first-order valence-electron chi connectivity index (χ1n) is 11.8. The molecule has 2 heterocycles. The largest absolute Gasteiger partial charge is 0.383 e. The lowest BCUT2D eigenvalue weighted by Gasteiger charge is -2.25. The molecule has 1 unspecified atom stereocenters. The predicted molar refractivity (Wildman–Crippen MR) is 140 cm³/mol. The average molecular weight is 456 g/mol. The highest BCUT2D eigenvalue weighted by atomic mass is 15.2. The predicted octanol–water partition coefficient (Wildman–Crippen LogP) is 4.05. The third-order valence-corrected chi connectivity index (χ3v) is 5.85. The van der Waals surface area contributed by atoms with E-state index in [0.717, 1.165) is 48.9 Å². The van der Waals surface area contributed by atoms with Crippen LogP contribution in [-0.2, 0) is 0 Å². The highest BCUT2D eigenvalue weighted by Gasteiger charge is 2.15. The summed E-state index contributed by atoms with van der Waals surface area (Å²) >= 11 is 0. The fourth-order valence-corrected chi connectivity index (χ4v) is 4.03. The van der Waals surface area contributed by atoms with Crippen molar-refractivity contribution in [1.82, 2.24) is 20.6 Å². The number of benzene rings is 2. The SMILES string of the molecule is CC#CN(c1ccnc(N[C@@H](C)c2ccccc2)n1)c1ccc(NCC2CNCCN2)cc1C. The van der Waals surface area contributed by atoms with Crippen molar-refractivity contribution in [3.05, 3.63) is 71.9 Å². The molecule has 0 spiro atoms. The van der Waals surface area contributed by atoms with Crippen molar-refractivity contribution in [2.24, 2.45) is 0 Å². The molecule has 0 aliphatic carbocycles. The van der Waals surface area contributed by atoms with Gasteiger partial charge in [-0.3, -0.25) is 4.90 Å². The highest BCUT2D eigenvalue weighted by Crippen LogP contribution is 2.29. The van der Waals surface area contributed by atoms with Gasteiger partial charge >= 0.3 is 0 Å². The quantitative estimate of drug-likeness (QED) is 0.302. The minimum atomic E-state index is 0.0862. The molecule has 0 saturated carbocycles. The van der Waals surface area contributed by atoms with Crippen LogP contribution in [0.4, 0.5) is 23.1 Å². The van der Waals surface area contributed by atoms with Gasteiger partial charge < -0.3 is 21.3 Å². The molecule has 1 aliphatic heterocycles. The second-order valence-corrected chi connectivity index (χ2v) is 8.45. The Bertz CT molecular complexity index is 1130. The summed E-state index contributed by atoms with van der Waals surface area (Å²) < 4.78 is 0. The Labute approximate surface area is 202 Å². The van der Waals surface area contributed by atoms with Crippen molar-refractivity contribution >= 4 is 23.1 Å². The molecule has 7 heteroatoms. The van der Waals surface area contributed by atoms with Crippen molar-refractivity contribution < 1.29 is 0 Å². The number of piperazine rings is 1. The summed E-state index contributed by atoms with van der Waals surface area (Å²) in [4.78, 5) is 11.1. The molecule has 4 N–H and O–H groups in total. The van der Waals surface area contributed by atoms with Gasteiger partial charge in [0.05, 0.1) is 11.7 Å². The zero-order valence-corrected chi connectivity index (χ0v) is 20.1. The monoisotopic (exact) mass is 455 g/mol. The van der Waals surface area contributed by atoms with Gasteiger partial charge in [-0.1, -0.05) is 36.3 Å². The van der Waals surface area contributed by atoms with E-state index < -0.39 is 0 Å². The van der Waals surface area contributed by atoms with Crippen molar-refractivity contribution in [1.29, 1.82) is 0 Å². The molecule has 3 aromatic rings. The molecule has 1 saturated heterocycles. The number of aromatic nitrogens is 2. The number of nitrogens with zero attached hydrogens (tertiary/aromatic N) is 3. The van der Waals surface area contributed by atoms with Gasteiger partial charge in [0, 0.05) is 56.2 Å². The van der Waals surface area contributed by atoms with E-state index in [4.69, 9.17) is 4.98 Å². The second kappa shape index (κ2) is 11.5. The van der Waals surface area contributed by atoms with Crippen LogP contribution >= 0.6 is 0 Å². The van der Waals surface area contributed by atoms with E-state index in [-0.39, 0.29) is 6.04 Å². The van der Waals surface area contributed by atoms with Gasteiger partial charge in [0.25, 0.3) is 0 Å². The fraction of sp³-hybridized carbons (Fsp3) is 0.333. The lowest BCUT2D eigenvalue weighted by atomic mass is 10.1. The maximum atomic E-state index is 4.76. The molecule has 1 aliphatic rings. The Morgan fingerprint density at radius 2 is 2.00 bits per heavy atom. The molecule has 0 radical (unpaired) electrons. The summed E-state index contributed by atoms with van der Waals surface area (Å²) in [5.41, 5.74) is 4.39. The molecule has 7 nitrogen and oxygen atoms in total. The molecule has 4 rings (SSSR count). The number of hydrogen-bond acceptors (Lipinski definition) is 7. The van der Waals surface area contributed by atoms with Crippen LogP contribution in [-0.4, -0.2) is 42.2 Å². The van der Waals surface area contributed by atoms with Gasteiger partial charge in [0.15, 0.2) is 0 Å². The number of anilines is 4. The van der Waals surface area contributed by atoms with E-state index in [1.165, 1.54) is 5.56 Å². The van der Waals surface area contributed by atoms with Gasteiger partial charge in [-0.05, 0) is 50.1 Å². The summed E-state index contributed by atoms with van der Waals surface area (Å²) in [6.45, 7) is 9.94. The van der Waals surface area contributed by atoms with Gasteiger partial charge in [0.2, 0.25) is 5.95 Å². The Hall–Kier alpha value is -3.60. The van der Waals surface area contributed by atoms with Crippen molar-refractivity contribution in [2.75, 3.05) is 41.7 Å². The summed E-state index contributed by atoms with van der Waals surface area (Å²) in [6.07, 6.45) is 1.77. The van der Waals surface area contributed by atoms with Crippen LogP contribution in [0, 0.1) is 18.9 Å². The van der Waals surface area contributed by atoms with Gasteiger partial charge in [-0.25, -0.2) is 4.98 Å². The van der Waals surface area contributed by atoms with E-state index in [1.807, 2.05) is 36.1 Å². The van der Waals surface area contributed by atoms with Crippen LogP contribution in [0.5, 0.6) is 0 Å². The minimum absolute atomic E-state index is 0.0862. The Kier molecular flexibility index (Phi) is 7.97. The molecular formula is C27H33N7. The third-order valence-electron chi connectivity index (χ3n) is 5.85. The van der Waals surface area contributed by atoms with Crippen LogP contribution in [0.3, 0.4) is 0 Å². The Morgan fingerprint density at radius 3 is 2.74 bits per heavy atom. The van der Waals surface area contributed by atoms with Crippen LogP contribution in [0.15, 0.2) is 60.8 Å². The normalized spacial score (nSPS) is 16.1. The van der Waals surface area contributed by atoms with Crippen LogP contribution < -0.4 is 26.2 Å². The van der Waals surface area contributed by atoms with Crippen LogP contribution in [0.25, 0.3) is 0 Å². The highest BCUT2D eigenvalue weighted by molar-refractivity contribution is 5.71. The van der Waals surface area contributed by atoms with Crippen LogP contribution in [0.2, 0.25) is 0 Å². The van der Waals surface area contributed by atoms with E-state index in [0.29, 0.717) is 12.0 Å². The maximum Gasteiger partial charge on any atom is 0.225 e. The summed E-state index contributed by atoms with van der Waals surface area (Å²) in [5.74, 6) is 4.33. The van der Waals surface area contributed by atoms with E-state index >= 15 is 0 Å². The average Bonchev–Trinajstić information content (AvgIpc) is 2.88. The Balaban J connectivity index is 1.50. The first kappa shape index (κ1) is 23.6. The number of hydrogen-bond donors (Lipinski definition) is 4. The van der Waals surface area contributed by atoms with Crippen molar-refractivity contribution in [2.45, 2.75) is 32.9 Å². The molecule has 176 valence electrons. The fourth-order valence-electron chi connectivity index (χ4n) is 4.03. The molecule has 0 amide bonds. The van der Waals surface area contributed by atoms with Gasteiger partial charge in [0.1, 0.15) is 5.82 Å². The van der Waals surface area contributed by atoms with Gasteiger partial charge in [-0.15, -0.1) is 0 Å².